The fourth-order valence-corrected chi connectivity index (χ4v) is 2.00. The molecule has 0 aliphatic rings. The van der Waals surface area contributed by atoms with Gasteiger partial charge in [-0.05, 0) is 46.6 Å². The molecule has 1 aromatic heterocycles. The molecule has 0 aliphatic heterocycles. The number of phenolic OH excluding ortho intramolecular Hbond substituents is 2. The average molecular weight is 323 g/mol. The van der Waals surface area contributed by atoms with Crippen LogP contribution in [0.2, 0.25) is 0 Å². The van der Waals surface area contributed by atoms with Crippen molar-refractivity contribution in [2.24, 2.45) is 0 Å². The largest absolute Gasteiger partial charge is 0.508 e. The molecule has 3 N–H and O–H groups in total. The van der Waals surface area contributed by atoms with Crippen molar-refractivity contribution in [3.05, 3.63) is 46.1 Å². The minimum absolute atomic E-state index is 0.0712. The van der Waals surface area contributed by atoms with Gasteiger partial charge in [-0.2, -0.15) is 0 Å². The highest BCUT2D eigenvalue weighted by atomic mass is 79.9. The maximum Gasteiger partial charge on any atom is 0.260 e. The van der Waals surface area contributed by atoms with Gasteiger partial charge < -0.3 is 15.5 Å². The maximum atomic E-state index is 12.0. The predicted octanol–water partition coefficient (Wildman–Crippen LogP) is 2.82. The number of nitrogens with one attached hydrogen (secondary N) is 1. The van der Waals surface area contributed by atoms with Crippen LogP contribution in [0.1, 0.15) is 15.9 Å². The summed E-state index contributed by atoms with van der Waals surface area (Å²) in [6, 6.07) is 5.60. The van der Waals surface area contributed by atoms with Crippen LogP contribution in [-0.4, -0.2) is 21.1 Å². The first-order valence-corrected chi connectivity index (χ1v) is 6.22. The highest BCUT2D eigenvalue weighted by Gasteiger charge is 2.13. The minimum Gasteiger partial charge on any atom is -0.508 e. The number of anilines is 1. The number of aromatic nitrogens is 1. The third-order valence-corrected chi connectivity index (χ3v) is 2.94. The molecule has 2 rings (SSSR count). The third-order valence-electron chi connectivity index (χ3n) is 2.50. The van der Waals surface area contributed by atoms with Crippen molar-refractivity contribution in [2.45, 2.75) is 6.92 Å². The Balaban J connectivity index is 2.25. The number of amides is 1. The first kappa shape index (κ1) is 13.4. The van der Waals surface area contributed by atoms with E-state index >= 15 is 0 Å². The molecule has 6 heteroatoms. The van der Waals surface area contributed by atoms with Gasteiger partial charge >= 0.3 is 0 Å². The second-order valence-corrected chi connectivity index (χ2v) is 4.89. The van der Waals surface area contributed by atoms with E-state index in [1.54, 1.807) is 6.20 Å². The molecule has 0 saturated heterocycles. The van der Waals surface area contributed by atoms with Crippen LogP contribution in [0.3, 0.4) is 0 Å². The van der Waals surface area contributed by atoms with Gasteiger partial charge in [0.05, 0.1) is 5.56 Å². The summed E-state index contributed by atoms with van der Waals surface area (Å²) in [4.78, 5) is 16.1. The molecular formula is C13H11BrN2O3. The predicted molar refractivity (Wildman–Crippen MR) is 74.4 cm³/mol. The number of phenols is 2. The molecule has 98 valence electrons. The molecule has 2 aromatic rings. The molecular weight excluding hydrogens is 312 g/mol. The second-order valence-electron chi connectivity index (χ2n) is 3.97. The van der Waals surface area contributed by atoms with E-state index in [0.29, 0.717) is 5.82 Å². The topological polar surface area (TPSA) is 82.5 Å². The Hall–Kier alpha value is -2.08. The molecule has 1 amide bonds. The lowest BCUT2D eigenvalue weighted by atomic mass is 10.1. The van der Waals surface area contributed by atoms with E-state index in [1.165, 1.54) is 12.1 Å². The fraction of sp³-hybridized carbons (Fsp3) is 0.0769. The summed E-state index contributed by atoms with van der Waals surface area (Å²) in [5, 5.41) is 21.4. The van der Waals surface area contributed by atoms with Gasteiger partial charge in [0, 0.05) is 16.7 Å². The average Bonchev–Trinajstić information content (AvgIpc) is 2.32. The van der Waals surface area contributed by atoms with Crippen LogP contribution < -0.4 is 5.32 Å². The second kappa shape index (κ2) is 5.27. The van der Waals surface area contributed by atoms with Crippen molar-refractivity contribution in [3.8, 4) is 11.5 Å². The molecule has 0 saturated carbocycles. The van der Waals surface area contributed by atoms with Crippen LogP contribution in [0.25, 0.3) is 0 Å². The van der Waals surface area contributed by atoms with Crippen LogP contribution in [-0.2, 0) is 0 Å². The van der Waals surface area contributed by atoms with Gasteiger partial charge in [0.2, 0.25) is 0 Å². The van der Waals surface area contributed by atoms with Gasteiger partial charge in [0.25, 0.3) is 5.91 Å². The standard InChI is InChI=1S/C13H11BrN2O3/c1-7-4-8(14)6-15-12(7)16-13(19)10-3-2-9(17)5-11(10)18/h2-6,17-18H,1H3,(H,15,16,19). The number of hydrogen-bond acceptors (Lipinski definition) is 4. The third kappa shape index (κ3) is 3.03. The van der Waals surface area contributed by atoms with Crippen LogP contribution in [0.4, 0.5) is 5.82 Å². The first-order valence-electron chi connectivity index (χ1n) is 5.43. The number of hydrogen-bond donors (Lipinski definition) is 3. The lowest BCUT2D eigenvalue weighted by Crippen LogP contribution is -2.14. The van der Waals surface area contributed by atoms with E-state index in [4.69, 9.17) is 0 Å². The quantitative estimate of drug-likeness (QED) is 0.794. The van der Waals surface area contributed by atoms with Crippen molar-refractivity contribution >= 4 is 27.7 Å². The van der Waals surface area contributed by atoms with Gasteiger partial charge in [0.15, 0.2) is 0 Å². The molecule has 0 atom stereocenters. The monoisotopic (exact) mass is 322 g/mol. The van der Waals surface area contributed by atoms with Gasteiger partial charge in [-0.3, -0.25) is 4.79 Å². The van der Waals surface area contributed by atoms with Crippen LogP contribution in [0, 0.1) is 6.92 Å². The molecule has 0 radical (unpaired) electrons. The summed E-state index contributed by atoms with van der Waals surface area (Å²) in [6.07, 6.45) is 1.57. The summed E-state index contributed by atoms with van der Waals surface area (Å²) >= 11 is 3.28. The Kier molecular flexibility index (Phi) is 3.71. The van der Waals surface area contributed by atoms with E-state index in [-0.39, 0.29) is 17.1 Å². The smallest absolute Gasteiger partial charge is 0.260 e. The molecule has 0 fully saturated rings. The molecule has 5 nitrogen and oxygen atoms in total. The highest BCUT2D eigenvalue weighted by molar-refractivity contribution is 9.10. The number of aryl methyl sites for hydroxylation is 1. The zero-order valence-electron chi connectivity index (χ0n) is 10.0. The molecule has 1 heterocycles. The Bertz CT molecular complexity index is 644. The van der Waals surface area contributed by atoms with E-state index in [2.05, 4.69) is 26.2 Å². The number of pyridine rings is 1. The first-order chi connectivity index (χ1) is 8.97. The normalized spacial score (nSPS) is 10.2. The maximum absolute atomic E-state index is 12.0. The Labute approximate surface area is 118 Å². The van der Waals surface area contributed by atoms with E-state index in [9.17, 15) is 15.0 Å². The number of carbonyl (C=O) groups excluding carboxylic acids is 1. The Morgan fingerprint density at radius 1 is 1.32 bits per heavy atom. The lowest BCUT2D eigenvalue weighted by Gasteiger charge is -2.08. The SMILES string of the molecule is Cc1cc(Br)cnc1NC(=O)c1ccc(O)cc1O. The molecule has 0 bridgehead atoms. The number of benzene rings is 1. The number of halogens is 1. The van der Waals surface area contributed by atoms with Crippen LogP contribution >= 0.6 is 15.9 Å². The minimum atomic E-state index is -0.490. The summed E-state index contributed by atoms with van der Waals surface area (Å²) < 4.78 is 0.815. The van der Waals surface area contributed by atoms with E-state index < -0.39 is 5.91 Å². The van der Waals surface area contributed by atoms with Crippen molar-refractivity contribution in [3.63, 3.8) is 0 Å². The number of nitrogens with zero attached hydrogens (tertiary/aromatic N) is 1. The van der Waals surface area contributed by atoms with Crippen molar-refractivity contribution in [1.82, 2.24) is 4.98 Å². The summed E-state index contributed by atoms with van der Waals surface area (Å²) in [6.45, 7) is 1.81. The van der Waals surface area contributed by atoms with Crippen molar-refractivity contribution < 1.29 is 15.0 Å². The zero-order chi connectivity index (χ0) is 14.0. The zero-order valence-corrected chi connectivity index (χ0v) is 11.6. The Morgan fingerprint density at radius 3 is 2.68 bits per heavy atom. The van der Waals surface area contributed by atoms with E-state index in [0.717, 1.165) is 16.1 Å². The van der Waals surface area contributed by atoms with Gasteiger partial charge in [-0.1, -0.05) is 0 Å². The summed E-state index contributed by atoms with van der Waals surface area (Å²) in [5.74, 6) is -0.463. The van der Waals surface area contributed by atoms with Crippen molar-refractivity contribution in [1.29, 1.82) is 0 Å². The summed E-state index contributed by atoms with van der Waals surface area (Å²) in [7, 11) is 0. The number of aromatic hydroxyl groups is 2. The molecule has 1 aromatic carbocycles. The van der Waals surface area contributed by atoms with Gasteiger partial charge in [-0.25, -0.2) is 4.98 Å². The van der Waals surface area contributed by atoms with Crippen LogP contribution in [0.5, 0.6) is 11.5 Å². The van der Waals surface area contributed by atoms with Gasteiger partial charge in [0.1, 0.15) is 17.3 Å². The molecule has 19 heavy (non-hydrogen) atoms. The summed E-state index contributed by atoms with van der Waals surface area (Å²) in [5.41, 5.74) is 0.864. The van der Waals surface area contributed by atoms with E-state index in [1.807, 2.05) is 13.0 Å². The molecule has 0 aliphatic carbocycles. The van der Waals surface area contributed by atoms with Crippen molar-refractivity contribution in [2.75, 3.05) is 5.32 Å². The molecule has 0 unspecified atom stereocenters. The molecule has 0 spiro atoms. The fourth-order valence-electron chi connectivity index (χ4n) is 1.56. The number of carbonyl (C=O) groups is 1. The lowest BCUT2D eigenvalue weighted by molar-refractivity contribution is 0.102. The van der Waals surface area contributed by atoms with Crippen LogP contribution in [0.15, 0.2) is 34.9 Å². The highest BCUT2D eigenvalue weighted by Crippen LogP contribution is 2.24. The number of rotatable bonds is 2. The Morgan fingerprint density at radius 2 is 2.05 bits per heavy atom. The van der Waals surface area contributed by atoms with Gasteiger partial charge in [-0.15, -0.1) is 0 Å².